The molecule has 1 amide bonds. The van der Waals surface area contributed by atoms with Gasteiger partial charge >= 0.3 is 5.97 Å². The number of hydrogen-bond donors (Lipinski definition) is 0. The molecule has 1 aromatic heterocycles. The highest BCUT2D eigenvalue weighted by atomic mass is 16.5. The van der Waals surface area contributed by atoms with Gasteiger partial charge in [-0.05, 0) is 32.1 Å². The maximum absolute atomic E-state index is 12.2. The van der Waals surface area contributed by atoms with E-state index >= 15 is 0 Å². The van der Waals surface area contributed by atoms with Crippen LogP contribution in [0, 0.1) is 36.5 Å². The van der Waals surface area contributed by atoms with E-state index < -0.39 is 18.5 Å². The van der Waals surface area contributed by atoms with Gasteiger partial charge in [0.05, 0.1) is 36.4 Å². The molecule has 30 heavy (non-hydrogen) atoms. The highest BCUT2D eigenvalue weighted by Crippen LogP contribution is 2.19. The van der Waals surface area contributed by atoms with Gasteiger partial charge in [0.15, 0.2) is 6.61 Å². The zero-order valence-corrected chi connectivity index (χ0v) is 17.0. The van der Waals surface area contributed by atoms with E-state index in [9.17, 15) is 9.59 Å². The van der Waals surface area contributed by atoms with Crippen molar-refractivity contribution in [2.75, 3.05) is 19.7 Å². The summed E-state index contributed by atoms with van der Waals surface area (Å²) < 4.78 is 6.83. The second kappa shape index (κ2) is 11.2. The zero-order chi connectivity index (χ0) is 21.9. The number of esters is 1. The Morgan fingerprint density at radius 3 is 2.37 bits per heavy atom. The van der Waals surface area contributed by atoms with Gasteiger partial charge in [0, 0.05) is 30.4 Å². The standard InChI is InChI=1S/C22H23N5O3/c1-17-20(18(2)27(25-17)19-8-4-3-5-9-19)10-11-22(29)30-16-21(28)26(14-6-12-23)15-7-13-24/h3-5,8-11H,6-7,14-16H2,1-2H3/b11-10+. The van der Waals surface area contributed by atoms with Gasteiger partial charge in [-0.15, -0.1) is 0 Å². The number of ether oxygens (including phenoxy) is 1. The molecule has 154 valence electrons. The van der Waals surface area contributed by atoms with Crippen molar-refractivity contribution in [3.05, 3.63) is 53.4 Å². The molecule has 0 saturated carbocycles. The normalized spacial score (nSPS) is 10.4. The van der Waals surface area contributed by atoms with E-state index in [4.69, 9.17) is 15.3 Å². The minimum Gasteiger partial charge on any atom is -0.452 e. The van der Waals surface area contributed by atoms with Crippen molar-refractivity contribution in [2.45, 2.75) is 26.7 Å². The Morgan fingerprint density at radius 2 is 1.77 bits per heavy atom. The smallest absolute Gasteiger partial charge is 0.331 e. The minimum atomic E-state index is -0.657. The first-order chi connectivity index (χ1) is 14.5. The molecular weight excluding hydrogens is 382 g/mol. The maximum atomic E-state index is 12.2. The molecule has 0 spiro atoms. The molecule has 0 atom stereocenters. The third-order valence-corrected chi connectivity index (χ3v) is 4.41. The molecule has 8 nitrogen and oxygen atoms in total. The topological polar surface area (TPSA) is 112 Å². The van der Waals surface area contributed by atoms with Crippen LogP contribution >= 0.6 is 0 Å². The Bertz CT molecular complexity index is 978. The third-order valence-electron chi connectivity index (χ3n) is 4.41. The van der Waals surface area contributed by atoms with Gasteiger partial charge in [-0.1, -0.05) is 18.2 Å². The lowest BCUT2D eigenvalue weighted by Gasteiger charge is -2.19. The molecule has 0 bridgehead atoms. The molecule has 2 aromatic rings. The van der Waals surface area contributed by atoms with Gasteiger partial charge in [0.2, 0.25) is 0 Å². The van der Waals surface area contributed by atoms with Crippen LogP contribution in [0.2, 0.25) is 0 Å². The van der Waals surface area contributed by atoms with E-state index in [1.807, 2.05) is 56.3 Å². The Hall–Kier alpha value is -3.91. The number of para-hydroxylation sites is 1. The summed E-state index contributed by atoms with van der Waals surface area (Å²) in [6.07, 6.45) is 3.17. The fourth-order valence-corrected chi connectivity index (χ4v) is 2.87. The highest BCUT2D eigenvalue weighted by molar-refractivity contribution is 5.89. The van der Waals surface area contributed by atoms with Crippen LogP contribution in [0.15, 0.2) is 36.4 Å². The number of carbonyl (C=O) groups is 2. The van der Waals surface area contributed by atoms with Gasteiger partial charge in [-0.2, -0.15) is 15.6 Å². The summed E-state index contributed by atoms with van der Waals surface area (Å²) in [5.74, 6) is -1.10. The van der Waals surface area contributed by atoms with E-state index in [2.05, 4.69) is 5.10 Å². The van der Waals surface area contributed by atoms with Gasteiger partial charge in [0.1, 0.15) is 0 Å². The number of nitriles is 2. The van der Waals surface area contributed by atoms with Crippen LogP contribution in [0.1, 0.15) is 29.8 Å². The fraction of sp³-hybridized carbons (Fsp3) is 0.318. The molecule has 0 fully saturated rings. The second-order valence-electron chi connectivity index (χ2n) is 6.47. The van der Waals surface area contributed by atoms with Crippen molar-refractivity contribution in [1.29, 1.82) is 10.5 Å². The van der Waals surface area contributed by atoms with Crippen molar-refractivity contribution < 1.29 is 14.3 Å². The lowest BCUT2D eigenvalue weighted by molar-refractivity contribution is -0.148. The lowest BCUT2D eigenvalue weighted by atomic mass is 10.2. The predicted molar refractivity (Wildman–Crippen MR) is 110 cm³/mol. The van der Waals surface area contributed by atoms with Gasteiger partial charge in [0.25, 0.3) is 5.91 Å². The molecule has 8 heteroatoms. The summed E-state index contributed by atoms with van der Waals surface area (Å²) in [6.45, 7) is 3.71. The Labute approximate surface area is 175 Å². The number of amides is 1. The molecule has 0 aliphatic rings. The molecule has 0 aliphatic heterocycles. The zero-order valence-electron chi connectivity index (χ0n) is 17.0. The summed E-state index contributed by atoms with van der Waals surface area (Å²) in [6, 6.07) is 13.6. The number of carbonyl (C=O) groups excluding carboxylic acids is 2. The number of nitrogens with zero attached hydrogens (tertiary/aromatic N) is 5. The first-order valence-corrected chi connectivity index (χ1v) is 9.46. The number of aryl methyl sites for hydroxylation is 1. The fourth-order valence-electron chi connectivity index (χ4n) is 2.87. The number of rotatable bonds is 9. The predicted octanol–water partition coefficient (Wildman–Crippen LogP) is 2.70. The Balaban J connectivity index is 1.99. The number of benzene rings is 1. The molecule has 0 radical (unpaired) electrons. The lowest BCUT2D eigenvalue weighted by Crippen LogP contribution is -2.36. The molecule has 2 rings (SSSR count). The number of hydrogen-bond acceptors (Lipinski definition) is 6. The Kier molecular flexibility index (Phi) is 8.34. The molecule has 0 N–H and O–H groups in total. The minimum absolute atomic E-state index is 0.148. The monoisotopic (exact) mass is 405 g/mol. The quantitative estimate of drug-likeness (QED) is 0.468. The van der Waals surface area contributed by atoms with Crippen molar-refractivity contribution in [3.8, 4) is 17.8 Å². The second-order valence-corrected chi connectivity index (χ2v) is 6.47. The highest BCUT2D eigenvalue weighted by Gasteiger charge is 2.15. The van der Waals surface area contributed by atoms with Gasteiger partial charge < -0.3 is 9.64 Å². The van der Waals surface area contributed by atoms with Crippen molar-refractivity contribution >= 4 is 18.0 Å². The average Bonchev–Trinajstić information content (AvgIpc) is 3.04. The van der Waals surface area contributed by atoms with Crippen LogP contribution in [0.5, 0.6) is 0 Å². The van der Waals surface area contributed by atoms with Crippen LogP contribution in [-0.4, -0.2) is 46.3 Å². The summed E-state index contributed by atoms with van der Waals surface area (Å²) in [7, 11) is 0. The molecule has 1 aromatic carbocycles. The van der Waals surface area contributed by atoms with E-state index in [-0.39, 0.29) is 25.9 Å². The van der Waals surface area contributed by atoms with E-state index in [0.717, 1.165) is 22.6 Å². The van der Waals surface area contributed by atoms with E-state index in [1.165, 1.54) is 11.0 Å². The van der Waals surface area contributed by atoms with Crippen molar-refractivity contribution in [1.82, 2.24) is 14.7 Å². The van der Waals surface area contributed by atoms with Gasteiger partial charge in [-0.25, -0.2) is 9.48 Å². The third kappa shape index (κ3) is 6.05. The molecule has 0 unspecified atom stereocenters. The maximum Gasteiger partial charge on any atom is 0.331 e. The van der Waals surface area contributed by atoms with Crippen LogP contribution in [0.25, 0.3) is 11.8 Å². The van der Waals surface area contributed by atoms with E-state index in [0.29, 0.717) is 0 Å². The number of aromatic nitrogens is 2. The van der Waals surface area contributed by atoms with Crippen LogP contribution in [-0.2, 0) is 14.3 Å². The first-order valence-electron chi connectivity index (χ1n) is 9.46. The average molecular weight is 405 g/mol. The first kappa shape index (κ1) is 22.4. The van der Waals surface area contributed by atoms with Crippen molar-refractivity contribution in [2.24, 2.45) is 0 Å². The largest absolute Gasteiger partial charge is 0.452 e. The Morgan fingerprint density at radius 1 is 1.13 bits per heavy atom. The summed E-state index contributed by atoms with van der Waals surface area (Å²) in [5, 5.41) is 21.9. The van der Waals surface area contributed by atoms with Crippen molar-refractivity contribution in [3.63, 3.8) is 0 Å². The van der Waals surface area contributed by atoms with Crippen LogP contribution in [0.3, 0.4) is 0 Å². The SMILES string of the molecule is Cc1nn(-c2ccccc2)c(C)c1/C=C/C(=O)OCC(=O)N(CCC#N)CCC#N. The van der Waals surface area contributed by atoms with E-state index in [1.54, 1.807) is 10.8 Å². The van der Waals surface area contributed by atoms with Crippen LogP contribution in [0.4, 0.5) is 0 Å². The van der Waals surface area contributed by atoms with Gasteiger partial charge in [-0.3, -0.25) is 4.79 Å². The molecular formula is C22H23N5O3. The molecule has 0 aliphatic carbocycles. The summed E-state index contributed by atoms with van der Waals surface area (Å²) >= 11 is 0. The van der Waals surface area contributed by atoms with Crippen LogP contribution < -0.4 is 0 Å². The summed E-state index contributed by atoms with van der Waals surface area (Å²) in [5.41, 5.74) is 3.35. The summed E-state index contributed by atoms with van der Waals surface area (Å²) in [4.78, 5) is 25.6. The molecule has 0 saturated heterocycles. The molecule has 1 heterocycles.